The highest BCUT2D eigenvalue weighted by atomic mass is 32.2. The Morgan fingerprint density at radius 1 is 0.853 bits per heavy atom. The Kier molecular flexibility index (Phi) is 9.31. The normalized spacial score (nSPS) is 11.2. The monoisotopic (exact) mass is 494 g/mol. The molecule has 0 saturated heterocycles. The van der Waals surface area contributed by atoms with Crippen LogP contribution in [0.25, 0.3) is 6.08 Å². The molecule has 0 fully saturated rings. The third-order valence-electron chi connectivity index (χ3n) is 4.56. The number of carbonyl (C=O) groups is 2. The van der Waals surface area contributed by atoms with Crippen molar-refractivity contribution in [2.24, 2.45) is 0 Å². The number of rotatable bonds is 12. The lowest BCUT2D eigenvalue weighted by Gasteiger charge is -2.12. The predicted octanol–water partition coefficient (Wildman–Crippen LogP) is 3.08. The van der Waals surface area contributed by atoms with Crippen LogP contribution < -0.4 is 23.7 Å². The zero-order valence-electron chi connectivity index (χ0n) is 19.2. The highest BCUT2D eigenvalue weighted by molar-refractivity contribution is 7.93. The molecule has 0 aliphatic rings. The van der Waals surface area contributed by atoms with Crippen LogP contribution in [0.4, 0.5) is 0 Å². The molecule has 0 aliphatic carbocycles. The van der Waals surface area contributed by atoms with Gasteiger partial charge in [-0.2, -0.15) is 0 Å². The van der Waals surface area contributed by atoms with Gasteiger partial charge in [0.15, 0.2) is 21.3 Å². The Morgan fingerprint density at radius 3 is 2.00 bits per heavy atom. The third-order valence-corrected chi connectivity index (χ3v) is 5.84. The Labute approximate surface area is 197 Å². The van der Waals surface area contributed by atoms with Gasteiger partial charge in [-0.25, -0.2) is 8.42 Å². The van der Waals surface area contributed by atoms with E-state index in [9.17, 15) is 18.0 Å². The standard InChI is InChI=1S/C23H26O10S/c1-29-16-12-19(31-3)17(20(13-16)32-4)9-10-34(27,28)14-15-5-6-18(30-2)21(11-15)33-23(26)8-7-22(24)25/h5-6,9-13H,7-8,14H2,1-4H3,(H,24,25). The second kappa shape index (κ2) is 11.9. The maximum Gasteiger partial charge on any atom is 0.311 e. The summed E-state index contributed by atoms with van der Waals surface area (Å²) >= 11 is 0. The first kappa shape index (κ1) is 26.5. The minimum absolute atomic E-state index is 0.00642. The van der Waals surface area contributed by atoms with E-state index in [-0.39, 0.29) is 17.9 Å². The van der Waals surface area contributed by atoms with E-state index < -0.39 is 33.9 Å². The van der Waals surface area contributed by atoms with Crippen molar-refractivity contribution in [3.63, 3.8) is 0 Å². The van der Waals surface area contributed by atoms with Crippen molar-refractivity contribution in [2.75, 3.05) is 28.4 Å². The van der Waals surface area contributed by atoms with Crippen LogP contribution in [0.1, 0.15) is 24.0 Å². The van der Waals surface area contributed by atoms with Crippen LogP contribution in [0, 0.1) is 0 Å². The van der Waals surface area contributed by atoms with Crippen molar-refractivity contribution in [1.82, 2.24) is 0 Å². The maximum absolute atomic E-state index is 12.8. The maximum atomic E-state index is 12.8. The third kappa shape index (κ3) is 7.41. The van der Waals surface area contributed by atoms with Crippen molar-refractivity contribution in [3.8, 4) is 28.7 Å². The summed E-state index contributed by atoms with van der Waals surface area (Å²) in [5, 5.41) is 9.73. The van der Waals surface area contributed by atoms with Gasteiger partial charge in [-0.05, 0) is 23.8 Å². The highest BCUT2D eigenvalue weighted by Gasteiger charge is 2.17. The summed E-state index contributed by atoms with van der Waals surface area (Å²) in [6.45, 7) is 0. The van der Waals surface area contributed by atoms with Gasteiger partial charge in [0.2, 0.25) is 0 Å². The minimum atomic E-state index is -3.77. The van der Waals surface area contributed by atoms with Crippen molar-refractivity contribution in [1.29, 1.82) is 0 Å². The predicted molar refractivity (Wildman–Crippen MR) is 123 cm³/mol. The SMILES string of the molecule is COc1cc(OC)c(C=CS(=O)(=O)Cc2ccc(OC)c(OC(=O)CCC(=O)O)c2)c(OC)c1. The lowest BCUT2D eigenvalue weighted by molar-refractivity contribution is -0.142. The highest BCUT2D eigenvalue weighted by Crippen LogP contribution is 2.35. The molecule has 10 nitrogen and oxygen atoms in total. The molecule has 34 heavy (non-hydrogen) atoms. The van der Waals surface area contributed by atoms with Crippen LogP contribution in [-0.4, -0.2) is 53.9 Å². The summed E-state index contributed by atoms with van der Waals surface area (Å²) in [6.07, 6.45) is 0.635. The van der Waals surface area contributed by atoms with Crippen LogP contribution in [0.15, 0.2) is 35.7 Å². The summed E-state index contributed by atoms with van der Waals surface area (Å²) in [5.74, 6) is -0.905. The fourth-order valence-electron chi connectivity index (χ4n) is 2.92. The Bertz CT molecular complexity index is 1140. The fraction of sp³-hybridized carbons (Fsp3) is 0.304. The molecule has 0 spiro atoms. The van der Waals surface area contributed by atoms with Gasteiger partial charge in [0.25, 0.3) is 0 Å². The van der Waals surface area contributed by atoms with E-state index in [0.717, 1.165) is 5.41 Å². The summed E-state index contributed by atoms with van der Waals surface area (Å²) in [7, 11) is 1.96. The van der Waals surface area contributed by atoms with Crippen LogP contribution in [-0.2, 0) is 25.2 Å². The second-order valence-electron chi connectivity index (χ2n) is 6.91. The number of carbonyl (C=O) groups excluding carboxylic acids is 1. The number of hydrogen-bond acceptors (Lipinski definition) is 9. The van der Waals surface area contributed by atoms with Gasteiger partial charge in [-0.15, -0.1) is 0 Å². The van der Waals surface area contributed by atoms with Crippen LogP contribution in [0.2, 0.25) is 0 Å². The molecule has 2 aromatic rings. The van der Waals surface area contributed by atoms with Gasteiger partial charge in [0.1, 0.15) is 17.2 Å². The smallest absolute Gasteiger partial charge is 0.311 e. The number of aliphatic carboxylic acids is 1. The Balaban J connectivity index is 2.27. The first-order chi connectivity index (χ1) is 16.1. The fourth-order valence-corrected chi connectivity index (χ4v) is 4.01. The Morgan fingerprint density at radius 2 is 1.47 bits per heavy atom. The second-order valence-corrected chi connectivity index (χ2v) is 8.80. The van der Waals surface area contributed by atoms with Gasteiger partial charge in [-0.3, -0.25) is 9.59 Å². The quantitative estimate of drug-likeness (QED) is 0.346. The number of sulfone groups is 1. The summed E-state index contributed by atoms with van der Waals surface area (Å²) in [6, 6.07) is 7.54. The van der Waals surface area contributed by atoms with E-state index in [1.807, 2.05) is 0 Å². The van der Waals surface area contributed by atoms with E-state index in [1.54, 1.807) is 12.1 Å². The molecule has 0 radical (unpaired) electrons. The molecule has 2 aromatic carbocycles. The van der Waals surface area contributed by atoms with Crippen molar-refractivity contribution < 1.29 is 46.8 Å². The van der Waals surface area contributed by atoms with Gasteiger partial charge in [0.05, 0.1) is 52.6 Å². The van der Waals surface area contributed by atoms with Crippen molar-refractivity contribution in [3.05, 3.63) is 46.9 Å². The zero-order chi connectivity index (χ0) is 25.3. The van der Waals surface area contributed by atoms with E-state index in [0.29, 0.717) is 28.4 Å². The van der Waals surface area contributed by atoms with Gasteiger partial charge in [-0.1, -0.05) is 6.07 Å². The largest absolute Gasteiger partial charge is 0.496 e. The molecule has 0 saturated carbocycles. The van der Waals surface area contributed by atoms with E-state index in [4.69, 9.17) is 28.8 Å². The molecule has 0 amide bonds. The molecular formula is C23H26O10S. The number of hydrogen-bond donors (Lipinski definition) is 1. The number of methoxy groups -OCH3 is 4. The molecule has 1 N–H and O–H groups in total. The molecule has 0 heterocycles. The summed E-state index contributed by atoms with van der Waals surface area (Å²) < 4.78 is 51.7. The lowest BCUT2D eigenvalue weighted by atomic mass is 10.1. The van der Waals surface area contributed by atoms with Crippen LogP contribution in [0.5, 0.6) is 28.7 Å². The topological polar surface area (TPSA) is 135 Å². The molecule has 184 valence electrons. The average Bonchev–Trinajstić information content (AvgIpc) is 2.80. The minimum Gasteiger partial charge on any atom is -0.496 e. The number of benzene rings is 2. The average molecular weight is 495 g/mol. The van der Waals surface area contributed by atoms with Gasteiger partial charge >= 0.3 is 11.9 Å². The number of carboxylic acids is 1. The molecular weight excluding hydrogens is 468 g/mol. The Hall–Kier alpha value is -3.73. The molecule has 0 aromatic heterocycles. The number of ether oxygens (including phenoxy) is 5. The molecule has 0 aliphatic heterocycles. The van der Waals surface area contributed by atoms with Crippen molar-refractivity contribution >= 4 is 27.9 Å². The number of carboxylic acid groups (broad SMARTS) is 1. The first-order valence-electron chi connectivity index (χ1n) is 9.92. The molecule has 0 unspecified atom stereocenters. The first-order valence-corrected chi connectivity index (χ1v) is 11.6. The van der Waals surface area contributed by atoms with E-state index in [1.165, 1.54) is 52.7 Å². The van der Waals surface area contributed by atoms with Crippen molar-refractivity contribution in [2.45, 2.75) is 18.6 Å². The number of esters is 1. The molecule has 11 heteroatoms. The van der Waals surface area contributed by atoms with Crippen LogP contribution >= 0.6 is 0 Å². The summed E-state index contributed by atoms with van der Waals surface area (Å²) in [5.41, 5.74) is 0.748. The summed E-state index contributed by atoms with van der Waals surface area (Å²) in [4.78, 5) is 22.5. The van der Waals surface area contributed by atoms with Gasteiger partial charge < -0.3 is 28.8 Å². The molecule has 0 atom stereocenters. The van der Waals surface area contributed by atoms with Crippen LogP contribution in [0.3, 0.4) is 0 Å². The lowest BCUT2D eigenvalue weighted by Crippen LogP contribution is -2.11. The molecule has 2 rings (SSSR count). The van der Waals surface area contributed by atoms with E-state index >= 15 is 0 Å². The zero-order valence-corrected chi connectivity index (χ0v) is 20.0. The van der Waals surface area contributed by atoms with E-state index in [2.05, 4.69) is 0 Å². The molecule has 0 bridgehead atoms. The van der Waals surface area contributed by atoms with Gasteiger partial charge in [0, 0.05) is 17.5 Å².